The maximum Gasteiger partial charge on any atom is 0.0462 e. The van der Waals surface area contributed by atoms with E-state index in [0.717, 1.165) is 12.3 Å². The molecule has 0 radical (unpaired) electrons. The first-order valence-electron chi connectivity index (χ1n) is 8.91. The lowest BCUT2D eigenvalue weighted by Gasteiger charge is -2.30. The van der Waals surface area contributed by atoms with Crippen molar-refractivity contribution in [1.29, 1.82) is 0 Å². The van der Waals surface area contributed by atoms with Gasteiger partial charge in [0.05, 0.1) is 0 Å². The van der Waals surface area contributed by atoms with Crippen molar-refractivity contribution in [2.75, 3.05) is 0 Å². The molecule has 2 rings (SSSR count). The molecule has 1 unspecified atom stereocenters. The molecule has 3 N–H and O–H groups in total. The zero-order valence-electron chi connectivity index (χ0n) is 13.6. The third kappa shape index (κ3) is 4.82. The van der Waals surface area contributed by atoms with Crippen LogP contribution >= 0.6 is 0 Å². The fourth-order valence-corrected chi connectivity index (χ4v) is 3.38. The monoisotopic (exact) mass is 288 g/mol. The Morgan fingerprint density at radius 1 is 1.10 bits per heavy atom. The Morgan fingerprint density at radius 3 is 2.48 bits per heavy atom. The van der Waals surface area contributed by atoms with Crippen LogP contribution in [0.25, 0.3) is 0 Å². The minimum atomic E-state index is 0.327. The number of hydrogen-bond acceptors (Lipinski definition) is 2. The quantitative estimate of drug-likeness (QED) is 0.352. The van der Waals surface area contributed by atoms with Crippen molar-refractivity contribution in [3.63, 3.8) is 0 Å². The Morgan fingerprint density at radius 2 is 1.81 bits per heavy atom. The fraction of sp³-hybridized carbons (Fsp3) is 0.684. The Balaban J connectivity index is 1.85. The maximum atomic E-state index is 5.85. The van der Waals surface area contributed by atoms with Gasteiger partial charge in [-0.3, -0.25) is 11.3 Å². The summed E-state index contributed by atoms with van der Waals surface area (Å²) in [5.41, 5.74) is 6.05. The molecule has 0 amide bonds. The number of unbranched alkanes of at least 4 members (excludes halogenated alkanes) is 5. The molecule has 118 valence electrons. The molecule has 0 spiro atoms. The van der Waals surface area contributed by atoms with Crippen LogP contribution in [0.4, 0.5) is 0 Å². The molecule has 0 aliphatic heterocycles. The van der Waals surface area contributed by atoms with Gasteiger partial charge in [-0.1, -0.05) is 76.1 Å². The van der Waals surface area contributed by atoms with E-state index >= 15 is 0 Å². The van der Waals surface area contributed by atoms with Crippen molar-refractivity contribution in [2.24, 2.45) is 5.84 Å². The number of nitrogens with two attached hydrogens (primary N) is 1. The van der Waals surface area contributed by atoms with Gasteiger partial charge in [0, 0.05) is 6.04 Å². The Bertz CT molecular complexity index is 398. The summed E-state index contributed by atoms with van der Waals surface area (Å²) < 4.78 is 0. The molecular weight excluding hydrogens is 256 g/mol. The molecule has 0 bridgehead atoms. The van der Waals surface area contributed by atoms with E-state index in [-0.39, 0.29) is 0 Å². The van der Waals surface area contributed by atoms with Crippen LogP contribution in [-0.2, 0) is 0 Å². The van der Waals surface area contributed by atoms with Crippen LogP contribution in [0, 0.1) is 0 Å². The second kappa shape index (κ2) is 9.22. The van der Waals surface area contributed by atoms with E-state index in [1.807, 2.05) is 0 Å². The fourth-order valence-electron chi connectivity index (χ4n) is 3.38. The molecule has 2 nitrogen and oxygen atoms in total. The number of hydrogen-bond donors (Lipinski definition) is 2. The minimum absolute atomic E-state index is 0.327. The molecular formula is C19H32N2. The standard InChI is InChI=1S/C19H32N2/c1-2-3-4-5-6-7-15-19(21-20)18-14-9-8-13-17(18)16-11-10-12-16/h8-9,13-14,16,19,21H,2-7,10-12,15,20H2,1H3. The van der Waals surface area contributed by atoms with Gasteiger partial charge in [-0.2, -0.15) is 0 Å². The van der Waals surface area contributed by atoms with Gasteiger partial charge in [0.2, 0.25) is 0 Å². The zero-order valence-corrected chi connectivity index (χ0v) is 13.6. The van der Waals surface area contributed by atoms with Gasteiger partial charge in [0.25, 0.3) is 0 Å². The summed E-state index contributed by atoms with van der Waals surface area (Å²) in [5.74, 6) is 6.63. The molecule has 0 saturated heterocycles. The molecule has 2 heteroatoms. The van der Waals surface area contributed by atoms with Gasteiger partial charge in [0.15, 0.2) is 0 Å². The van der Waals surface area contributed by atoms with Crippen molar-refractivity contribution in [2.45, 2.75) is 83.1 Å². The number of hydrazine groups is 1. The van der Waals surface area contributed by atoms with Crippen LogP contribution in [0.2, 0.25) is 0 Å². The normalized spacial score (nSPS) is 16.7. The summed E-state index contributed by atoms with van der Waals surface area (Å²) in [6.07, 6.45) is 13.3. The van der Waals surface area contributed by atoms with Crippen molar-refractivity contribution in [3.05, 3.63) is 35.4 Å². The van der Waals surface area contributed by atoms with Gasteiger partial charge in [0.1, 0.15) is 0 Å². The summed E-state index contributed by atoms with van der Waals surface area (Å²) in [6, 6.07) is 9.24. The Labute approximate surface area is 130 Å². The first-order valence-corrected chi connectivity index (χ1v) is 8.91. The molecule has 0 heterocycles. The topological polar surface area (TPSA) is 38.0 Å². The molecule has 21 heavy (non-hydrogen) atoms. The van der Waals surface area contributed by atoms with Gasteiger partial charge >= 0.3 is 0 Å². The van der Waals surface area contributed by atoms with Crippen molar-refractivity contribution < 1.29 is 0 Å². The molecule has 1 fully saturated rings. The molecule has 1 aromatic carbocycles. The van der Waals surface area contributed by atoms with Crippen LogP contribution in [0.15, 0.2) is 24.3 Å². The molecule has 1 aliphatic carbocycles. The Kier molecular flexibility index (Phi) is 7.25. The minimum Gasteiger partial charge on any atom is -0.271 e. The van der Waals surface area contributed by atoms with Crippen LogP contribution in [0.1, 0.15) is 94.2 Å². The largest absolute Gasteiger partial charge is 0.271 e. The highest BCUT2D eigenvalue weighted by Crippen LogP contribution is 2.40. The summed E-state index contributed by atoms with van der Waals surface area (Å²) in [6.45, 7) is 2.27. The SMILES string of the molecule is CCCCCCCCC(NN)c1ccccc1C1CCC1. The van der Waals surface area contributed by atoms with Crippen LogP contribution in [0.3, 0.4) is 0 Å². The number of rotatable bonds is 10. The van der Waals surface area contributed by atoms with E-state index in [1.54, 1.807) is 0 Å². The number of nitrogens with one attached hydrogen (secondary N) is 1. The third-order valence-electron chi connectivity index (χ3n) is 4.96. The summed E-state index contributed by atoms with van der Waals surface area (Å²) in [7, 11) is 0. The van der Waals surface area contributed by atoms with E-state index in [9.17, 15) is 0 Å². The average Bonchev–Trinajstić information content (AvgIpc) is 2.46. The van der Waals surface area contributed by atoms with Crippen LogP contribution in [0.5, 0.6) is 0 Å². The summed E-state index contributed by atoms with van der Waals surface area (Å²) >= 11 is 0. The first kappa shape index (κ1) is 16.5. The molecule has 1 aliphatic rings. The third-order valence-corrected chi connectivity index (χ3v) is 4.96. The van der Waals surface area contributed by atoms with Gasteiger partial charge in [-0.15, -0.1) is 0 Å². The molecule has 1 aromatic rings. The molecule has 1 saturated carbocycles. The van der Waals surface area contributed by atoms with Gasteiger partial charge in [-0.05, 0) is 36.3 Å². The molecule has 0 aromatic heterocycles. The lowest BCUT2D eigenvalue weighted by atomic mass is 9.77. The number of benzene rings is 1. The van der Waals surface area contributed by atoms with Crippen molar-refractivity contribution >= 4 is 0 Å². The molecule has 1 atom stereocenters. The highest BCUT2D eigenvalue weighted by atomic mass is 15.2. The lowest BCUT2D eigenvalue weighted by Crippen LogP contribution is -2.29. The van der Waals surface area contributed by atoms with E-state index < -0.39 is 0 Å². The maximum absolute atomic E-state index is 5.85. The van der Waals surface area contributed by atoms with E-state index in [4.69, 9.17) is 5.84 Å². The zero-order chi connectivity index (χ0) is 14.9. The van der Waals surface area contributed by atoms with E-state index in [2.05, 4.69) is 36.6 Å². The predicted molar refractivity (Wildman–Crippen MR) is 91.1 cm³/mol. The van der Waals surface area contributed by atoms with Gasteiger partial charge in [-0.25, -0.2) is 0 Å². The highest BCUT2D eigenvalue weighted by Gasteiger charge is 2.24. The lowest BCUT2D eigenvalue weighted by molar-refractivity contribution is 0.406. The van der Waals surface area contributed by atoms with Crippen LogP contribution in [-0.4, -0.2) is 0 Å². The summed E-state index contributed by atoms with van der Waals surface area (Å²) in [5, 5.41) is 0. The second-order valence-corrected chi connectivity index (χ2v) is 6.53. The van der Waals surface area contributed by atoms with E-state index in [0.29, 0.717) is 6.04 Å². The average molecular weight is 288 g/mol. The van der Waals surface area contributed by atoms with Crippen LogP contribution < -0.4 is 11.3 Å². The Hall–Kier alpha value is -0.860. The second-order valence-electron chi connectivity index (χ2n) is 6.53. The summed E-state index contributed by atoms with van der Waals surface area (Å²) in [4.78, 5) is 0. The van der Waals surface area contributed by atoms with Crippen molar-refractivity contribution in [1.82, 2.24) is 5.43 Å². The van der Waals surface area contributed by atoms with Crippen molar-refractivity contribution in [3.8, 4) is 0 Å². The predicted octanol–water partition coefficient (Wildman–Crippen LogP) is 5.21. The van der Waals surface area contributed by atoms with Gasteiger partial charge < -0.3 is 0 Å². The highest BCUT2D eigenvalue weighted by molar-refractivity contribution is 5.34. The first-order chi connectivity index (χ1) is 10.4. The smallest absolute Gasteiger partial charge is 0.0462 e. The van der Waals surface area contributed by atoms with E-state index in [1.165, 1.54) is 68.9 Å².